The summed E-state index contributed by atoms with van der Waals surface area (Å²) in [6, 6.07) is 8.16. The topological polar surface area (TPSA) is 56.5 Å². The Kier molecular flexibility index (Phi) is 8.91. The molecule has 1 aliphatic carbocycles. The number of alkyl halides is 1. The minimum atomic E-state index is -0.935. The van der Waals surface area contributed by atoms with Gasteiger partial charge in [-0.15, -0.1) is 11.6 Å². The van der Waals surface area contributed by atoms with Crippen LogP contribution >= 0.6 is 11.6 Å². The summed E-state index contributed by atoms with van der Waals surface area (Å²) in [4.78, 5) is 18.9. The van der Waals surface area contributed by atoms with Crippen LogP contribution < -0.4 is 4.90 Å². The molecular weight excluding hydrogens is 370 g/mol. The summed E-state index contributed by atoms with van der Waals surface area (Å²) in [5.74, 6) is -0.212. The van der Waals surface area contributed by atoms with Gasteiger partial charge in [0.05, 0.1) is 17.1 Å². The number of rotatable bonds is 10. The zero-order valence-corrected chi connectivity index (χ0v) is 18.1. The van der Waals surface area contributed by atoms with E-state index in [0.29, 0.717) is 11.3 Å². The van der Waals surface area contributed by atoms with Crippen molar-refractivity contribution in [3.8, 4) is 0 Å². The largest absolute Gasteiger partial charge is 0.372 e. The highest BCUT2D eigenvalue weighted by Gasteiger charge is 2.29. The molecule has 0 aromatic heterocycles. The van der Waals surface area contributed by atoms with Crippen LogP contribution in [0.4, 0.5) is 11.4 Å². The maximum Gasteiger partial charge on any atom is 0.182 e. The van der Waals surface area contributed by atoms with Gasteiger partial charge in [-0.2, -0.15) is 0 Å². The van der Waals surface area contributed by atoms with Crippen molar-refractivity contribution in [3.63, 3.8) is 0 Å². The van der Waals surface area contributed by atoms with Gasteiger partial charge in [0.1, 0.15) is 5.38 Å². The molecule has 1 N–H and O–H groups in total. The van der Waals surface area contributed by atoms with Gasteiger partial charge < -0.3 is 10.3 Å². The van der Waals surface area contributed by atoms with Crippen LogP contribution in [0.2, 0.25) is 0 Å². The zero-order chi connectivity index (χ0) is 20.5. The Bertz CT molecular complexity index is 727. The molecule has 1 atom stereocenters. The van der Waals surface area contributed by atoms with Crippen molar-refractivity contribution < 1.29 is 4.79 Å². The van der Waals surface area contributed by atoms with E-state index in [1.165, 1.54) is 44.2 Å². The number of ketones is 1. The molecule has 0 aliphatic heterocycles. The molecular formula is C23H32ClN3O. The molecule has 1 aliphatic rings. The summed E-state index contributed by atoms with van der Waals surface area (Å²) in [7, 11) is 0. The van der Waals surface area contributed by atoms with Crippen molar-refractivity contribution in [1.29, 1.82) is 5.41 Å². The van der Waals surface area contributed by atoms with Crippen LogP contribution in [0, 0.1) is 5.41 Å². The van der Waals surface area contributed by atoms with E-state index in [1.807, 2.05) is 12.1 Å². The number of nitrogens with zero attached hydrogens (tertiary/aromatic N) is 2. The van der Waals surface area contributed by atoms with Gasteiger partial charge in [0.2, 0.25) is 0 Å². The smallest absolute Gasteiger partial charge is 0.182 e. The summed E-state index contributed by atoms with van der Waals surface area (Å²) in [5.41, 5.74) is 3.07. The highest BCUT2D eigenvalue weighted by atomic mass is 35.5. The number of unbranched alkanes of at least 4 members (excludes halogenated alkanes) is 4. The quantitative estimate of drug-likeness (QED) is 0.380. The van der Waals surface area contributed by atoms with Crippen LogP contribution in [0.5, 0.6) is 0 Å². The Hall–Kier alpha value is -1.94. The van der Waals surface area contributed by atoms with E-state index in [1.54, 1.807) is 13.0 Å². The first kappa shape index (κ1) is 22.4. The molecule has 152 valence electrons. The highest BCUT2D eigenvalue weighted by Crippen LogP contribution is 2.23. The van der Waals surface area contributed by atoms with E-state index < -0.39 is 5.38 Å². The molecule has 1 aromatic carbocycles. The summed E-state index contributed by atoms with van der Waals surface area (Å²) in [6.07, 6.45) is 9.02. The predicted octanol–water partition coefficient (Wildman–Crippen LogP) is 6.10. The summed E-state index contributed by atoms with van der Waals surface area (Å²) < 4.78 is 0. The van der Waals surface area contributed by atoms with Gasteiger partial charge in [0.15, 0.2) is 5.78 Å². The lowest BCUT2D eigenvalue weighted by atomic mass is 9.95. The van der Waals surface area contributed by atoms with Crippen molar-refractivity contribution in [3.05, 3.63) is 35.9 Å². The van der Waals surface area contributed by atoms with Gasteiger partial charge in [-0.25, -0.2) is 4.99 Å². The fourth-order valence-electron chi connectivity index (χ4n) is 3.26. The summed E-state index contributed by atoms with van der Waals surface area (Å²) >= 11 is 6.06. The molecule has 0 spiro atoms. The third kappa shape index (κ3) is 6.03. The molecule has 5 heteroatoms. The summed E-state index contributed by atoms with van der Waals surface area (Å²) in [5, 5.41) is 7.15. The van der Waals surface area contributed by atoms with Crippen molar-refractivity contribution in [1.82, 2.24) is 0 Å². The molecule has 1 aromatic rings. The maximum atomic E-state index is 11.9. The number of aliphatic imine (C=N–C) groups is 1. The number of benzene rings is 1. The van der Waals surface area contributed by atoms with Gasteiger partial charge in [-0.3, -0.25) is 4.79 Å². The van der Waals surface area contributed by atoms with Crippen molar-refractivity contribution in [2.45, 2.75) is 64.7 Å². The zero-order valence-electron chi connectivity index (χ0n) is 17.3. The standard InChI is InChI=1S/C23H32ClN3O/c1-4-6-8-14-27(15-9-7-5-2)19-12-10-18(11-13-19)26-20-16-17(3)23(28)21(24)22(20)25/h10-13,16,21,25H,4-9,14-15H2,1-3H3. The van der Waals surface area contributed by atoms with Crippen molar-refractivity contribution in [2.24, 2.45) is 4.99 Å². The third-order valence-electron chi connectivity index (χ3n) is 5.03. The number of hydrogen-bond acceptors (Lipinski definition) is 4. The number of allylic oxidation sites excluding steroid dienone is 2. The molecule has 0 saturated heterocycles. The fourth-order valence-corrected chi connectivity index (χ4v) is 3.54. The molecule has 4 nitrogen and oxygen atoms in total. The maximum absolute atomic E-state index is 11.9. The monoisotopic (exact) mass is 401 g/mol. The second-order valence-corrected chi connectivity index (χ2v) is 7.82. The third-order valence-corrected chi connectivity index (χ3v) is 5.45. The molecule has 0 saturated carbocycles. The lowest BCUT2D eigenvalue weighted by Gasteiger charge is -2.25. The SMILES string of the molecule is CCCCCN(CCCCC)c1ccc(N=C2C=C(C)C(=O)C(Cl)C2=N)cc1. The van der Waals surface area contributed by atoms with Crippen LogP contribution in [-0.2, 0) is 4.79 Å². The Morgan fingerprint density at radius 1 is 1.04 bits per heavy atom. The van der Waals surface area contributed by atoms with Crippen LogP contribution in [0.3, 0.4) is 0 Å². The van der Waals surface area contributed by atoms with Crippen LogP contribution in [0.1, 0.15) is 59.3 Å². The van der Waals surface area contributed by atoms with Crippen LogP contribution in [0.25, 0.3) is 0 Å². The van der Waals surface area contributed by atoms with Crippen LogP contribution in [-0.4, -0.2) is 35.7 Å². The van der Waals surface area contributed by atoms with E-state index in [2.05, 4.69) is 35.9 Å². The highest BCUT2D eigenvalue weighted by molar-refractivity contribution is 6.63. The first-order valence-electron chi connectivity index (χ1n) is 10.4. The minimum absolute atomic E-state index is 0.0714. The van der Waals surface area contributed by atoms with E-state index >= 15 is 0 Å². The lowest BCUT2D eigenvalue weighted by molar-refractivity contribution is -0.114. The first-order valence-corrected chi connectivity index (χ1v) is 10.8. The number of hydrogen-bond donors (Lipinski definition) is 1. The van der Waals surface area contributed by atoms with Crippen molar-refractivity contribution in [2.75, 3.05) is 18.0 Å². The molecule has 0 bridgehead atoms. The van der Waals surface area contributed by atoms with Gasteiger partial charge >= 0.3 is 0 Å². The van der Waals surface area contributed by atoms with E-state index in [9.17, 15) is 4.79 Å². The predicted molar refractivity (Wildman–Crippen MR) is 121 cm³/mol. The second kappa shape index (κ2) is 11.2. The Labute approximate surface area is 174 Å². The number of halogens is 1. The number of carbonyl (C=O) groups excluding carboxylic acids is 1. The fraction of sp³-hybridized carbons (Fsp3) is 0.522. The normalized spacial score (nSPS) is 18.5. The molecule has 0 amide bonds. The van der Waals surface area contributed by atoms with Gasteiger partial charge in [-0.1, -0.05) is 39.5 Å². The molecule has 0 radical (unpaired) electrons. The van der Waals surface area contributed by atoms with E-state index in [4.69, 9.17) is 17.0 Å². The molecule has 0 fully saturated rings. The average Bonchev–Trinajstić information content (AvgIpc) is 2.70. The summed E-state index contributed by atoms with van der Waals surface area (Å²) in [6.45, 7) is 8.33. The molecule has 0 heterocycles. The number of nitrogens with one attached hydrogen (secondary N) is 1. The Morgan fingerprint density at radius 2 is 1.61 bits per heavy atom. The Morgan fingerprint density at radius 3 is 2.14 bits per heavy atom. The number of Topliss-reactive ketones (excluding diaryl/α,β-unsaturated/α-hetero) is 1. The minimum Gasteiger partial charge on any atom is -0.372 e. The second-order valence-electron chi connectivity index (χ2n) is 7.38. The first-order chi connectivity index (χ1) is 13.5. The van der Waals surface area contributed by atoms with Gasteiger partial charge in [0.25, 0.3) is 0 Å². The van der Waals surface area contributed by atoms with Crippen LogP contribution in [0.15, 0.2) is 40.9 Å². The van der Waals surface area contributed by atoms with Gasteiger partial charge in [0, 0.05) is 18.8 Å². The van der Waals surface area contributed by atoms with E-state index in [0.717, 1.165) is 18.8 Å². The van der Waals surface area contributed by atoms with Gasteiger partial charge in [-0.05, 0) is 55.7 Å². The van der Waals surface area contributed by atoms with Crippen molar-refractivity contribution >= 4 is 40.2 Å². The van der Waals surface area contributed by atoms with E-state index in [-0.39, 0.29) is 11.5 Å². The molecule has 1 unspecified atom stereocenters. The molecule has 2 rings (SSSR count). The number of anilines is 1. The number of carbonyl (C=O) groups is 1. The Balaban J connectivity index is 2.15. The average molecular weight is 402 g/mol. The lowest BCUT2D eigenvalue weighted by Crippen LogP contribution is -2.34. The molecule has 28 heavy (non-hydrogen) atoms.